The van der Waals surface area contributed by atoms with E-state index in [0.717, 1.165) is 6.54 Å². The van der Waals surface area contributed by atoms with Crippen molar-refractivity contribution in [1.29, 1.82) is 0 Å². The van der Waals surface area contributed by atoms with Gasteiger partial charge in [-0.2, -0.15) is 0 Å². The SMILES string of the molecule is CNC(=S)NCCC(=O)NCC(C)C. The lowest BCUT2D eigenvalue weighted by molar-refractivity contribution is -0.121. The summed E-state index contributed by atoms with van der Waals surface area (Å²) in [5, 5.41) is 9.09. The summed E-state index contributed by atoms with van der Waals surface area (Å²) in [7, 11) is 1.74. The van der Waals surface area contributed by atoms with Gasteiger partial charge in [0.1, 0.15) is 0 Å². The van der Waals surface area contributed by atoms with Crippen molar-refractivity contribution in [2.75, 3.05) is 20.1 Å². The Bertz CT molecular complexity index is 194. The van der Waals surface area contributed by atoms with Gasteiger partial charge in [0.2, 0.25) is 5.91 Å². The largest absolute Gasteiger partial charge is 0.366 e. The zero-order valence-corrected chi connectivity index (χ0v) is 9.83. The first-order valence-electron chi connectivity index (χ1n) is 4.78. The summed E-state index contributed by atoms with van der Waals surface area (Å²) in [6.45, 7) is 5.43. The average molecular weight is 217 g/mol. The lowest BCUT2D eigenvalue weighted by Crippen LogP contribution is -2.36. The molecule has 0 heterocycles. The summed E-state index contributed by atoms with van der Waals surface area (Å²) >= 11 is 4.86. The molecule has 3 N–H and O–H groups in total. The minimum absolute atomic E-state index is 0.0603. The first-order valence-corrected chi connectivity index (χ1v) is 5.19. The first-order chi connectivity index (χ1) is 6.56. The fraction of sp³-hybridized carbons (Fsp3) is 0.778. The average Bonchev–Trinajstić information content (AvgIpc) is 2.14. The van der Waals surface area contributed by atoms with Crippen LogP contribution in [0.2, 0.25) is 0 Å². The molecular weight excluding hydrogens is 198 g/mol. The van der Waals surface area contributed by atoms with Crippen molar-refractivity contribution in [1.82, 2.24) is 16.0 Å². The Kier molecular flexibility index (Phi) is 7.10. The zero-order chi connectivity index (χ0) is 11.0. The Morgan fingerprint density at radius 2 is 2.00 bits per heavy atom. The highest BCUT2D eigenvalue weighted by atomic mass is 32.1. The molecule has 82 valence electrons. The Labute approximate surface area is 90.8 Å². The summed E-state index contributed by atoms with van der Waals surface area (Å²) in [6.07, 6.45) is 0.453. The van der Waals surface area contributed by atoms with Crippen LogP contribution in [0, 0.1) is 5.92 Å². The van der Waals surface area contributed by atoms with E-state index >= 15 is 0 Å². The van der Waals surface area contributed by atoms with Gasteiger partial charge in [-0.15, -0.1) is 0 Å². The molecule has 0 fully saturated rings. The second-order valence-corrected chi connectivity index (χ2v) is 3.86. The minimum atomic E-state index is 0.0603. The molecule has 0 aliphatic heterocycles. The smallest absolute Gasteiger partial charge is 0.221 e. The molecule has 0 aromatic heterocycles. The highest BCUT2D eigenvalue weighted by Crippen LogP contribution is 1.87. The van der Waals surface area contributed by atoms with E-state index < -0.39 is 0 Å². The molecule has 4 nitrogen and oxygen atoms in total. The molecule has 0 aliphatic carbocycles. The van der Waals surface area contributed by atoms with Crippen LogP contribution in [0.5, 0.6) is 0 Å². The van der Waals surface area contributed by atoms with Gasteiger partial charge in [-0.05, 0) is 18.1 Å². The van der Waals surface area contributed by atoms with Gasteiger partial charge in [0.15, 0.2) is 5.11 Å². The molecule has 0 atom stereocenters. The second-order valence-electron chi connectivity index (χ2n) is 3.45. The predicted molar refractivity (Wildman–Crippen MR) is 62.1 cm³/mol. The van der Waals surface area contributed by atoms with E-state index in [-0.39, 0.29) is 5.91 Å². The highest BCUT2D eigenvalue weighted by Gasteiger charge is 2.01. The fourth-order valence-electron chi connectivity index (χ4n) is 0.784. The van der Waals surface area contributed by atoms with Crippen molar-refractivity contribution in [3.63, 3.8) is 0 Å². The van der Waals surface area contributed by atoms with Gasteiger partial charge >= 0.3 is 0 Å². The Morgan fingerprint density at radius 1 is 1.36 bits per heavy atom. The van der Waals surface area contributed by atoms with E-state index in [0.29, 0.717) is 24.0 Å². The number of rotatable bonds is 5. The number of nitrogens with one attached hydrogen (secondary N) is 3. The van der Waals surface area contributed by atoms with E-state index in [1.165, 1.54) is 0 Å². The maximum Gasteiger partial charge on any atom is 0.221 e. The van der Waals surface area contributed by atoms with Crippen LogP contribution in [0.25, 0.3) is 0 Å². The number of carbonyl (C=O) groups is 1. The summed E-state index contributed by atoms with van der Waals surface area (Å²) in [5.41, 5.74) is 0. The molecule has 14 heavy (non-hydrogen) atoms. The van der Waals surface area contributed by atoms with Gasteiger partial charge in [-0.1, -0.05) is 13.8 Å². The second kappa shape index (κ2) is 7.55. The fourth-order valence-corrected chi connectivity index (χ4v) is 0.886. The van der Waals surface area contributed by atoms with E-state index in [1.807, 2.05) is 0 Å². The Hall–Kier alpha value is -0.840. The molecule has 0 aliphatic rings. The maximum absolute atomic E-state index is 11.2. The Balaban J connectivity index is 3.40. The number of hydrogen-bond donors (Lipinski definition) is 3. The van der Waals surface area contributed by atoms with Crippen LogP contribution in [0.4, 0.5) is 0 Å². The van der Waals surface area contributed by atoms with Crippen LogP contribution in [0.3, 0.4) is 0 Å². The summed E-state index contributed by atoms with van der Waals surface area (Å²) in [4.78, 5) is 11.2. The summed E-state index contributed by atoms with van der Waals surface area (Å²) in [6, 6.07) is 0. The van der Waals surface area contributed by atoms with E-state index in [4.69, 9.17) is 12.2 Å². The number of thiocarbonyl (C=S) groups is 1. The molecule has 0 unspecified atom stereocenters. The van der Waals surface area contributed by atoms with Gasteiger partial charge in [0, 0.05) is 26.6 Å². The van der Waals surface area contributed by atoms with Crippen LogP contribution in [-0.2, 0) is 4.79 Å². The summed E-state index contributed by atoms with van der Waals surface area (Å²) < 4.78 is 0. The third-order valence-corrected chi connectivity index (χ3v) is 1.92. The molecule has 0 rings (SSSR count). The maximum atomic E-state index is 11.2. The zero-order valence-electron chi connectivity index (χ0n) is 9.02. The molecule has 1 amide bonds. The third kappa shape index (κ3) is 7.79. The van der Waals surface area contributed by atoms with Crippen molar-refractivity contribution in [3.05, 3.63) is 0 Å². The summed E-state index contributed by atoms with van der Waals surface area (Å²) in [5.74, 6) is 0.551. The Morgan fingerprint density at radius 3 is 2.50 bits per heavy atom. The molecule has 0 saturated carbocycles. The molecule has 0 spiro atoms. The lowest BCUT2D eigenvalue weighted by atomic mass is 10.2. The van der Waals surface area contributed by atoms with E-state index in [1.54, 1.807) is 7.05 Å². The van der Waals surface area contributed by atoms with Gasteiger partial charge in [0.25, 0.3) is 0 Å². The monoisotopic (exact) mass is 217 g/mol. The van der Waals surface area contributed by atoms with Crippen molar-refractivity contribution in [3.8, 4) is 0 Å². The molecule has 0 aromatic carbocycles. The molecule has 0 bridgehead atoms. The molecular formula is C9H19N3OS. The number of carbonyl (C=O) groups excluding carboxylic acids is 1. The van der Waals surface area contributed by atoms with Gasteiger partial charge < -0.3 is 16.0 Å². The van der Waals surface area contributed by atoms with Gasteiger partial charge in [0.05, 0.1) is 0 Å². The quantitative estimate of drug-likeness (QED) is 0.578. The number of hydrogen-bond acceptors (Lipinski definition) is 2. The minimum Gasteiger partial charge on any atom is -0.366 e. The topological polar surface area (TPSA) is 53.2 Å². The van der Waals surface area contributed by atoms with Crippen LogP contribution in [-0.4, -0.2) is 31.2 Å². The first kappa shape index (κ1) is 13.2. The predicted octanol–water partition coefficient (Wildman–Crippen LogP) is 0.243. The molecule has 0 radical (unpaired) electrons. The van der Waals surface area contributed by atoms with Crippen LogP contribution in [0.15, 0.2) is 0 Å². The molecule has 5 heteroatoms. The number of amides is 1. The third-order valence-electron chi connectivity index (χ3n) is 1.57. The van der Waals surface area contributed by atoms with Crippen LogP contribution in [0.1, 0.15) is 20.3 Å². The van der Waals surface area contributed by atoms with Crippen LogP contribution < -0.4 is 16.0 Å². The van der Waals surface area contributed by atoms with Crippen molar-refractivity contribution < 1.29 is 4.79 Å². The van der Waals surface area contributed by atoms with Gasteiger partial charge in [-0.25, -0.2) is 0 Å². The van der Waals surface area contributed by atoms with Gasteiger partial charge in [-0.3, -0.25) is 4.79 Å². The van der Waals surface area contributed by atoms with E-state index in [2.05, 4.69) is 29.8 Å². The van der Waals surface area contributed by atoms with Crippen molar-refractivity contribution in [2.45, 2.75) is 20.3 Å². The molecule has 0 aromatic rings. The van der Waals surface area contributed by atoms with Crippen molar-refractivity contribution >= 4 is 23.2 Å². The lowest BCUT2D eigenvalue weighted by Gasteiger charge is -2.09. The highest BCUT2D eigenvalue weighted by molar-refractivity contribution is 7.80. The van der Waals surface area contributed by atoms with Crippen molar-refractivity contribution in [2.24, 2.45) is 5.92 Å². The van der Waals surface area contributed by atoms with Crippen LogP contribution >= 0.6 is 12.2 Å². The standard InChI is InChI=1S/C9H19N3OS/c1-7(2)6-12-8(13)4-5-11-9(14)10-3/h7H,4-6H2,1-3H3,(H,12,13)(H2,10,11,14). The molecule has 0 saturated heterocycles. The van der Waals surface area contributed by atoms with E-state index in [9.17, 15) is 4.79 Å². The normalized spacial score (nSPS) is 9.71.